The van der Waals surface area contributed by atoms with Gasteiger partial charge < -0.3 is 10.0 Å². The Kier molecular flexibility index (Phi) is 3.58. The summed E-state index contributed by atoms with van der Waals surface area (Å²) in [7, 11) is 1.55. The predicted molar refractivity (Wildman–Crippen MR) is 79.8 cm³/mol. The molecule has 23 heavy (non-hydrogen) atoms. The lowest BCUT2D eigenvalue weighted by Gasteiger charge is -2.29. The topological polar surface area (TPSA) is 99.2 Å². The van der Waals surface area contributed by atoms with E-state index in [0.717, 1.165) is 11.1 Å². The molecule has 0 fully saturated rings. The standard InChI is InChI=1S/C16H14N4O3/c1-19-14(13(8-18-19)16(22)23)15(21)20-5-4-11-6-10(7-17)2-3-12(11)9-20/h2-3,6,8H,4-5,9H2,1H3,(H,22,23). The van der Waals surface area contributed by atoms with Crippen LogP contribution in [0, 0.1) is 11.3 Å². The first-order valence-corrected chi connectivity index (χ1v) is 7.07. The Morgan fingerprint density at radius 3 is 2.83 bits per heavy atom. The Hall–Kier alpha value is -3.14. The Bertz CT molecular complexity index is 847. The van der Waals surface area contributed by atoms with Gasteiger partial charge in [0.1, 0.15) is 11.3 Å². The van der Waals surface area contributed by atoms with Gasteiger partial charge in [0.15, 0.2) is 0 Å². The number of carbonyl (C=O) groups excluding carboxylic acids is 1. The van der Waals surface area contributed by atoms with E-state index in [0.29, 0.717) is 25.1 Å². The van der Waals surface area contributed by atoms with E-state index in [-0.39, 0.29) is 17.2 Å². The summed E-state index contributed by atoms with van der Waals surface area (Å²) in [6.07, 6.45) is 1.82. The molecule has 0 radical (unpaired) electrons. The largest absolute Gasteiger partial charge is 0.478 e. The Balaban J connectivity index is 1.89. The molecule has 1 aromatic heterocycles. The summed E-state index contributed by atoms with van der Waals surface area (Å²) in [5.41, 5.74) is 2.61. The summed E-state index contributed by atoms with van der Waals surface area (Å²) in [6.45, 7) is 0.870. The van der Waals surface area contributed by atoms with Gasteiger partial charge in [0.25, 0.3) is 5.91 Å². The van der Waals surface area contributed by atoms with E-state index in [4.69, 9.17) is 5.26 Å². The summed E-state index contributed by atoms with van der Waals surface area (Å²) < 4.78 is 1.29. The number of nitriles is 1. The number of hydrogen-bond acceptors (Lipinski definition) is 4. The molecule has 0 saturated heterocycles. The molecule has 0 atom stereocenters. The first-order valence-electron chi connectivity index (χ1n) is 7.07. The third-order valence-electron chi connectivity index (χ3n) is 4.01. The summed E-state index contributed by atoms with van der Waals surface area (Å²) in [5, 5.41) is 22.0. The van der Waals surface area contributed by atoms with Crippen molar-refractivity contribution < 1.29 is 14.7 Å². The summed E-state index contributed by atoms with van der Waals surface area (Å²) >= 11 is 0. The van der Waals surface area contributed by atoms with Crippen LogP contribution in [0.1, 0.15) is 37.5 Å². The summed E-state index contributed by atoms with van der Waals surface area (Å²) in [5.74, 6) is -1.52. The summed E-state index contributed by atoms with van der Waals surface area (Å²) in [6, 6.07) is 7.50. The van der Waals surface area contributed by atoms with E-state index in [1.165, 1.54) is 10.9 Å². The number of carboxylic acids is 1. The molecule has 1 N–H and O–H groups in total. The normalized spacial score (nSPS) is 13.3. The number of benzene rings is 1. The lowest BCUT2D eigenvalue weighted by Crippen LogP contribution is -2.37. The molecule has 0 aliphatic carbocycles. The number of rotatable bonds is 2. The smallest absolute Gasteiger partial charge is 0.339 e. The first-order chi connectivity index (χ1) is 11.0. The number of amides is 1. The third kappa shape index (κ3) is 2.55. The zero-order valence-electron chi connectivity index (χ0n) is 12.5. The van der Waals surface area contributed by atoms with Gasteiger partial charge in [-0.1, -0.05) is 6.07 Å². The minimum atomic E-state index is -1.17. The highest BCUT2D eigenvalue weighted by Gasteiger charge is 2.28. The monoisotopic (exact) mass is 310 g/mol. The van der Waals surface area contributed by atoms with Crippen LogP contribution in [-0.4, -0.2) is 38.2 Å². The molecule has 116 valence electrons. The number of aryl methyl sites for hydroxylation is 1. The molecule has 3 rings (SSSR count). The number of carbonyl (C=O) groups is 2. The van der Waals surface area contributed by atoms with Crippen molar-refractivity contribution in [3.8, 4) is 6.07 Å². The average molecular weight is 310 g/mol. The lowest BCUT2D eigenvalue weighted by atomic mass is 9.97. The van der Waals surface area contributed by atoms with Gasteiger partial charge in [0.05, 0.1) is 17.8 Å². The van der Waals surface area contributed by atoms with Crippen LogP contribution in [0.25, 0.3) is 0 Å². The van der Waals surface area contributed by atoms with Gasteiger partial charge >= 0.3 is 5.97 Å². The van der Waals surface area contributed by atoms with Gasteiger partial charge in [0, 0.05) is 20.1 Å². The molecule has 1 aliphatic rings. The van der Waals surface area contributed by atoms with E-state index in [1.807, 2.05) is 12.1 Å². The van der Waals surface area contributed by atoms with Crippen LogP contribution in [0.3, 0.4) is 0 Å². The number of carboxylic acid groups (broad SMARTS) is 1. The molecule has 1 amide bonds. The fraction of sp³-hybridized carbons (Fsp3) is 0.250. The highest BCUT2D eigenvalue weighted by Crippen LogP contribution is 2.22. The minimum Gasteiger partial charge on any atom is -0.478 e. The van der Waals surface area contributed by atoms with Crippen LogP contribution in [0.2, 0.25) is 0 Å². The van der Waals surface area contributed by atoms with E-state index in [1.54, 1.807) is 18.0 Å². The first kappa shape index (κ1) is 14.8. The molecule has 0 saturated carbocycles. The second kappa shape index (κ2) is 5.57. The molecule has 2 heterocycles. The molecule has 0 bridgehead atoms. The number of aromatic carboxylic acids is 1. The zero-order valence-corrected chi connectivity index (χ0v) is 12.5. The molecule has 1 aromatic carbocycles. The minimum absolute atomic E-state index is 0.0783. The summed E-state index contributed by atoms with van der Waals surface area (Å²) in [4.78, 5) is 25.5. The van der Waals surface area contributed by atoms with Crippen LogP contribution < -0.4 is 0 Å². The van der Waals surface area contributed by atoms with Gasteiger partial charge in [0.2, 0.25) is 0 Å². The molecule has 7 nitrogen and oxygen atoms in total. The molecule has 2 aromatic rings. The van der Waals surface area contributed by atoms with Gasteiger partial charge in [-0.3, -0.25) is 9.48 Å². The second-order valence-corrected chi connectivity index (χ2v) is 5.41. The molecular formula is C16H14N4O3. The maximum absolute atomic E-state index is 12.7. The van der Waals surface area contributed by atoms with Crippen molar-refractivity contribution in [2.75, 3.05) is 6.54 Å². The molecule has 7 heteroatoms. The van der Waals surface area contributed by atoms with E-state index in [9.17, 15) is 14.7 Å². The van der Waals surface area contributed by atoms with E-state index in [2.05, 4.69) is 11.2 Å². The quantitative estimate of drug-likeness (QED) is 0.898. The van der Waals surface area contributed by atoms with Crippen molar-refractivity contribution in [3.63, 3.8) is 0 Å². The van der Waals surface area contributed by atoms with Crippen LogP contribution in [0.15, 0.2) is 24.4 Å². The highest BCUT2D eigenvalue weighted by molar-refractivity contribution is 6.03. The molecular weight excluding hydrogens is 296 g/mol. The second-order valence-electron chi connectivity index (χ2n) is 5.41. The maximum Gasteiger partial charge on any atom is 0.339 e. The van der Waals surface area contributed by atoms with E-state index < -0.39 is 5.97 Å². The third-order valence-corrected chi connectivity index (χ3v) is 4.01. The van der Waals surface area contributed by atoms with Gasteiger partial charge in [-0.15, -0.1) is 0 Å². The SMILES string of the molecule is Cn1ncc(C(=O)O)c1C(=O)N1CCc2cc(C#N)ccc2C1. The maximum atomic E-state index is 12.7. The van der Waals surface area contributed by atoms with Crippen LogP contribution in [0.5, 0.6) is 0 Å². The Morgan fingerprint density at radius 1 is 1.35 bits per heavy atom. The van der Waals surface area contributed by atoms with Crippen LogP contribution >= 0.6 is 0 Å². The molecule has 1 aliphatic heterocycles. The number of hydrogen-bond donors (Lipinski definition) is 1. The fourth-order valence-electron chi connectivity index (χ4n) is 2.79. The van der Waals surface area contributed by atoms with Crippen molar-refractivity contribution in [3.05, 3.63) is 52.3 Å². The van der Waals surface area contributed by atoms with E-state index >= 15 is 0 Å². The van der Waals surface area contributed by atoms with Crippen molar-refractivity contribution in [2.24, 2.45) is 7.05 Å². The fourth-order valence-corrected chi connectivity index (χ4v) is 2.79. The van der Waals surface area contributed by atoms with Crippen molar-refractivity contribution in [1.29, 1.82) is 5.26 Å². The molecule has 0 spiro atoms. The zero-order chi connectivity index (χ0) is 16.6. The Labute approximate surface area is 132 Å². The van der Waals surface area contributed by atoms with Crippen molar-refractivity contribution >= 4 is 11.9 Å². The average Bonchev–Trinajstić information content (AvgIpc) is 2.95. The van der Waals surface area contributed by atoms with Crippen LogP contribution in [0.4, 0.5) is 0 Å². The number of nitrogens with zero attached hydrogens (tertiary/aromatic N) is 4. The number of fused-ring (bicyclic) bond motifs is 1. The van der Waals surface area contributed by atoms with Gasteiger partial charge in [-0.2, -0.15) is 10.4 Å². The van der Waals surface area contributed by atoms with Gasteiger partial charge in [-0.05, 0) is 29.7 Å². The Morgan fingerprint density at radius 2 is 2.13 bits per heavy atom. The van der Waals surface area contributed by atoms with Crippen molar-refractivity contribution in [1.82, 2.24) is 14.7 Å². The highest BCUT2D eigenvalue weighted by atomic mass is 16.4. The molecule has 0 unspecified atom stereocenters. The van der Waals surface area contributed by atoms with Crippen LogP contribution in [-0.2, 0) is 20.0 Å². The predicted octanol–water partition coefficient (Wildman–Crippen LogP) is 1.19. The van der Waals surface area contributed by atoms with Gasteiger partial charge in [-0.25, -0.2) is 4.79 Å². The van der Waals surface area contributed by atoms with Crippen molar-refractivity contribution in [2.45, 2.75) is 13.0 Å². The lowest BCUT2D eigenvalue weighted by molar-refractivity contribution is 0.0665. The number of aromatic nitrogens is 2.